The van der Waals surface area contributed by atoms with E-state index in [-0.39, 0.29) is 0 Å². The summed E-state index contributed by atoms with van der Waals surface area (Å²) in [6, 6.07) is 14.6. The predicted octanol–water partition coefficient (Wildman–Crippen LogP) is 3.22. The van der Waals surface area contributed by atoms with Crippen molar-refractivity contribution < 1.29 is 14.3 Å². The Morgan fingerprint density at radius 3 is 2.41 bits per heavy atom. The van der Waals surface area contributed by atoms with Crippen LogP contribution in [0.25, 0.3) is 5.69 Å². The van der Waals surface area contributed by atoms with Crippen LogP contribution >= 0.6 is 0 Å². The summed E-state index contributed by atoms with van der Waals surface area (Å²) in [5.41, 5.74) is 8.50. The number of carbonyl (C=O) groups is 2. The lowest BCUT2D eigenvalue weighted by atomic mass is 10.1. The monoisotopic (exact) mass is 392 g/mol. The molecule has 0 saturated heterocycles. The third kappa shape index (κ3) is 4.63. The molecular formula is C22H24N4O3. The molecule has 0 fully saturated rings. The lowest BCUT2D eigenvalue weighted by Gasteiger charge is -2.10. The number of aryl methyl sites for hydroxylation is 1. The van der Waals surface area contributed by atoms with Gasteiger partial charge >= 0.3 is 0 Å². The van der Waals surface area contributed by atoms with Gasteiger partial charge in [0.05, 0.1) is 29.7 Å². The van der Waals surface area contributed by atoms with Crippen LogP contribution in [-0.2, 0) is 6.42 Å². The van der Waals surface area contributed by atoms with E-state index in [9.17, 15) is 9.59 Å². The van der Waals surface area contributed by atoms with Crippen LogP contribution in [0.2, 0.25) is 0 Å². The quantitative estimate of drug-likeness (QED) is 0.631. The van der Waals surface area contributed by atoms with Crippen molar-refractivity contribution in [3.8, 4) is 11.4 Å². The summed E-state index contributed by atoms with van der Waals surface area (Å²) in [5.74, 6) is -0.144. The zero-order valence-electron chi connectivity index (χ0n) is 16.7. The largest absolute Gasteiger partial charge is 0.494 e. The summed E-state index contributed by atoms with van der Waals surface area (Å²) in [6.45, 7) is 6.40. The van der Waals surface area contributed by atoms with Crippen LogP contribution in [0.5, 0.6) is 5.75 Å². The zero-order valence-corrected chi connectivity index (χ0v) is 16.7. The molecule has 0 unspecified atom stereocenters. The van der Waals surface area contributed by atoms with Gasteiger partial charge in [-0.2, -0.15) is 5.10 Å². The second-order valence-corrected chi connectivity index (χ2v) is 6.47. The summed E-state index contributed by atoms with van der Waals surface area (Å²) in [7, 11) is 0. The fraction of sp³-hybridized carbons (Fsp3) is 0.227. The summed E-state index contributed by atoms with van der Waals surface area (Å²) >= 11 is 0. The van der Waals surface area contributed by atoms with Gasteiger partial charge in [0.1, 0.15) is 5.75 Å². The van der Waals surface area contributed by atoms with Gasteiger partial charge in [0.15, 0.2) is 0 Å². The van der Waals surface area contributed by atoms with Crippen molar-refractivity contribution in [3.63, 3.8) is 0 Å². The van der Waals surface area contributed by atoms with E-state index >= 15 is 0 Å². The van der Waals surface area contributed by atoms with Gasteiger partial charge in [-0.1, -0.05) is 19.1 Å². The molecule has 1 heterocycles. The molecule has 3 aromatic rings. The Balaban J connectivity index is 1.70. The van der Waals surface area contributed by atoms with Crippen LogP contribution in [0.4, 0.5) is 0 Å². The van der Waals surface area contributed by atoms with Gasteiger partial charge in [-0.25, -0.2) is 4.68 Å². The van der Waals surface area contributed by atoms with Crippen LogP contribution in [-0.4, -0.2) is 28.2 Å². The van der Waals surface area contributed by atoms with Crippen molar-refractivity contribution in [2.45, 2.75) is 27.2 Å². The maximum atomic E-state index is 12.6. The fourth-order valence-electron chi connectivity index (χ4n) is 3.01. The summed E-state index contributed by atoms with van der Waals surface area (Å²) in [4.78, 5) is 24.9. The van der Waals surface area contributed by atoms with E-state index in [1.54, 1.807) is 28.9 Å². The Labute approximate surface area is 169 Å². The molecule has 2 aromatic carbocycles. The normalized spacial score (nSPS) is 10.4. The fourth-order valence-corrected chi connectivity index (χ4v) is 3.01. The Bertz CT molecular complexity index is 1010. The van der Waals surface area contributed by atoms with Gasteiger partial charge in [0, 0.05) is 5.56 Å². The standard InChI is InChI=1S/C22H24N4O3/c1-4-20-19(14-23-26(20)17-8-6-7-15(3)13-17)22(28)25-24-21(27)16-9-11-18(12-10-16)29-5-2/h6-14H,4-5H2,1-3H3,(H,24,27)(H,25,28). The molecule has 7 heteroatoms. The van der Waals surface area contributed by atoms with Crippen molar-refractivity contribution in [2.75, 3.05) is 6.61 Å². The third-order valence-electron chi connectivity index (χ3n) is 4.41. The number of hydrogen-bond donors (Lipinski definition) is 2. The second-order valence-electron chi connectivity index (χ2n) is 6.47. The van der Waals surface area contributed by atoms with Crippen LogP contribution < -0.4 is 15.6 Å². The number of nitrogens with one attached hydrogen (secondary N) is 2. The first-order chi connectivity index (χ1) is 14.0. The Morgan fingerprint density at radius 1 is 1.03 bits per heavy atom. The zero-order chi connectivity index (χ0) is 20.8. The predicted molar refractivity (Wildman–Crippen MR) is 110 cm³/mol. The molecule has 2 amide bonds. The molecule has 0 radical (unpaired) electrons. The Hall–Kier alpha value is -3.61. The van der Waals surface area contributed by atoms with Gasteiger partial charge in [-0.3, -0.25) is 20.4 Å². The van der Waals surface area contributed by atoms with Crippen molar-refractivity contribution in [1.29, 1.82) is 0 Å². The highest BCUT2D eigenvalue weighted by Gasteiger charge is 2.18. The maximum absolute atomic E-state index is 12.6. The van der Waals surface area contributed by atoms with Crippen molar-refractivity contribution in [1.82, 2.24) is 20.6 Å². The topological polar surface area (TPSA) is 85.2 Å². The van der Waals surface area contributed by atoms with E-state index in [2.05, 4.69) is 16.0 Å². The highest BCUT2D eigenvalue weighted by Crippen LogP contribution is 2.17. The van der Waals surface area contributed by atoms with E-state index < -0.39 is 11.8 Å². The number of aromatic nitrogens is 2. The third-order valence-corrected chi connectivity index (χ3v) is 4.41. The first-order valence-corrected chi connectivity index (χ1v) is 9.51. The molecule has 0 aliphatic carbocycles. The van der Waals surface area contributed by atoms with Crippen molar-refractivity contribution in [2.24, 2.45) is 0 Å². The minimum atomic E-state index is -0.417. The average molecular weight is 392 g/mol. The van der Waals surface area contributed by atoms with Gasteiger partial charge in [-0.15, -0.1) is 0 Å². The SMILES string of the molecule is CCOc1ccc(C(=O)NNC(=O)c2cnn(-c3cccc(C)c3)c2CC)cc1. The molecule has 0 aliphatic heterocycles. The highest BCUT2D eigenvalue weighted by atomic mass is 16.5. The minimum Gasteiger partial charge on any atom is -0.494 e. The van der Waals surface area contributed by atoms with Crippen molar-refractivity contribution >= 4 is 11.8 Å². The van der Waals surface area contributed by atoms with E-state index in [0.29, 0.717) is 29.9 Å². The molecule has 150 valence electrons. The van der Waals surface area contributed by atoms with E-state index in [1.165, 1.54) is 6.20 Å². The summed E-state index contributed by atoms with van der Waals surface area (Å²) in [5, 5.41) is 4.36. The van der Waals surface area contributed by atoms with Crippen LogP contribution in [0.15, 0.2) is 54.7 Å². The average Bonchev–Trinajstić information content (AvgIpc) is 3.17. The smallest absolute Gasteiger partial charge is 0.273 e. The second kappa shape index (κ2) is 9.05. The number of hydrogen-bond acceptors (Lipinski definition) is 4. The van der Waals surface area contributed by atoms with Gasteiger partial charge in [-0.05, 0) is 62.2 Å². The first kappa shape index (κ1) is 20.1. The molecule has 0 saturated carbocycles. The van der Waals surface area contributed by atoms with E-state index in [0.717, 1.165) is 16.9 Å². The van der Waals surface area contributed by atoms with E-state index in [4.69, 9.17) is 4.74 Å². The molecular weight excluding hydrogens is 368 g/mol. The minimum absolute atomic E-state index is 0.412. The van der Waals surface area contributed by atoms with Crippen LogP contribution in [0, 0.1) is 6.92 Å². The molecule has 29 heavy (non-hydrogen) atoms. The Morgan fingerprint density at radius 2 is 1.76 bits per heavy atom. The maximum Gasteiger partial charge on any atom is 0.273 e. The van der Waals surface area contributed by atoms with Gasteiger partial charge in [0.25, 0.3) is 11.8 Å². The van der Waals surface area contributed by atoms with Gasteiger partial charge < -0.3 is 4.74 Å². The molecule has 0 atom stereocenters. The number of rotatable bonds is 6. The lowest BCUT2D eigenvalue weighted by Crippen LogP contribution is -2.41. The first-order valence-electron chi connectivity index (χ1n) is 9.51. The highest BCUT2D eigenvalue weighted by molar-refractivity contribution is 5.99. The molecule has 0 aliphatic rings. The number of benzene rings is 2. The molecule has 0 bridgehead atoms. The van der Waals surface area contributed by atoms with Crippen LogP contribution in [0.3, 0.4) is 0 Å². The number of nitrogens with zero attached hydrogens (tertiary/aromatic N) is 2. The number of carbonyl (C=O) groups excluding carboxylic acids is 2. The summed E-state index contributed by atoms with van der Waals surface area (Å²) in [6.07, 6.45) is 2.13. The van der Waals surface area contributed by atoms with Crippen molar-refractivity contribution in [3.05, 3.63) is 77.1 Å². The molecule has 1 aromatic heterocycles. The number of hydrazine groups is 1. The van der Waals surface area contributed by atoms with E-state index in [1.807, 2.05) is 45.0 Å². The molecule has 3 rings (SSSR count). The molecule has 7 nitrogen and oxygen atoms in total. The molecule has 0 spiro atoms. The van der Waals surface area contributed by atoms with Crippen LogP contribution in [0.1, 0.15) is 45.8 Å². The molecule has 2 N–H and O–H groups in total. The number of amides is 2. The lowest BCUT2D eigenvalue weighted by molar-refractivity contribution is 0.0846. The van der Waals surface area contributed by atoms with Gasteiger partial charge in [0.2, 0.25) is 0 Å². The Kier molecular flexibility index (Phi) is 6.29. The number of ether oxygens (including phenoxy) is 1. The summed E-state index contributed by atoms with van der Waals surface area (Å²) < 4.78 is 7.10.